The topological polar surface area (TPSA) is 21.3 Å². The lowest BCUT2D eigenvalue weighted by Crippen LogP contribution is -2.18. The molecule has 0 aliphatic carbocycles. The van der Waals surface area contributed by atoms with Crippen molar-refractivity contribution in [3.63, 3.8) is 0 Å². The molecule has 1 N–H and O–H groups in total. The van der Waals surface area contributed by atoms with Crippen molar-refractivity contribution in [3.8, 4) is 0 Å². The molecule has 2 rings (SSSR count). The van der Waals surface area contributed by atoms with Crippen LogP contribution in [0.1, 0.15) is 12.0 Å². The molecule has 0 spiro atoms. The van der Waals surface area contributed by atoms with Crippen LogP contribution in [0.25, 0.3) is 0 Å². The number of hydrogen-bond donors (Lipinski definition) is 1. The zero-order valence-electron chi connectivity index (χ0n) is 9.44. The van der Waals surface area contributed by atoms with Crippen molar-refractivity contribution in [2.75, 3.05) is 24.8 Å². The molecule has 1 aliphatic rings. The number of ether oxygens (including phenoxy) is 1. The monoisotopic (exact) mass is 255 g/mol. The molecule has 1 aliphatic heterocycles. The summed E-state index contributed by atoms with van der Waals surface area (Å²) in [5.41, 5.74) is 2.58. The maximum absolute atomic E-state index is 5.34. The van der Waals surface area contributed by atoms with Crippen LogP contribution in [0.3, 0.4) is 0 Å². The van der Waals surface area contributed by atoms with Crippen LogP contribution in [0.2, 0.25) is 0 Å². The average molecular weight is 255 g/mol. The van der Waals surface area contributed by atoms with Crippen molar-refractivity contribution >= 4 is 27.3 Å². The van der Waals surface area contributed by atoms with Gasteiger partial charge in [0, 0.05) is 18.0 Å². The molecule has 1 unspecified atom stereocenters. The molecule has 1 atom stereocenters. The van der Waals surface area contributed by atoms with Gasteiger partial charge in [-0.25, -0.2) is 0 Å². The maximum Gasteiger partial charge on any atom is 0.0668 e. The number of hydrogen-bond acceptors (Lipinski definition) is 4. The smallest absolute Gasteiger partial charge is 0.0668 e. The van der Waals surface area contributed by atoms with Crippen LogP contribution < -0.4 is 5.32 Å². The summed E-state index contributed by atoms with van der Waals surface area (Å²) in [5, 5.41) is 3.49. The van der Waals surface area contributed by atoms with Gasteiger partial charge in [-0.2, -0.15) is 0 Å². The number of rotatable bonds is 5. The second kappa shape index (κ2) is 6.42. The lowest BCUT2D eigenvalue weighted by molar-refractivity contribution is 0.195. The van der Waals surface area contributed by atoms with E-state index >= 15 is 0 Å². The first-order valence-electron chi connectivity index (χ1n) is 5.47. The molecule has 0 aromatic heterocycles. The van der Waals surface area contributed by atoms with E-state index in [1.165, 1.54) is 11.3 Å². The normalized spacial score (nSPS) is 19.9. The van der Waals surface area contributed by atoms with Gasteiger partial charge in [-0.05, 0) is 30.4 Å². The molecule has 1 aromatic carbocycles. The molecular weight excluding hydrogens is 238 g/mol. The van der Waals surface area contributed by atoms with Crippen molar-refractivity contribution in [1.82, 2.24) is 0 Å². The Labute approximate surface area is 105 Å². The Morgan fingerprint density at radius 3 is 2.81 bits per heavy atom. The number of nitrogens with one attached hydrogen (secondary N) is 1. The highest BCUT2D eigenvalue weighted by Gasteiger charge is 2.14. The molecule has 4 heteroatoms. The van der Waals surface area contributed by atoms with Crippen LogP contribution in [-0.4, -0.2) is 25.5 Å². The Balaban J connectivity index is 1.86. The van der Waals surface area contributed by atoms with Gasteiger partial charge < -0.3 is 10.1 Å². The lowest BCUT2D eigenvalue weighted by atomic mass is 10.2. The lowest BCUT2D eigenvalue weighted by Gasteiger charge is -2.12. The molecule has 1 aromatic rings. The SMILES string of the molecule is CSSCc1ccc(NC2CCOC2)cc1. The minimum absolute atomic E-state index is 0.492. The summed E-state index contributed by atoms with van der Waals surface area (Å²) in [6.45, 7) is 1.73. The Kier molecular flexibility index (Phi) is 4.88. The van der Waals surface area contributed by atoms with Gasteiger partial charge in [-0.15, -0.1) is 0 Å². The third kappa shape index (κ3) is 3.61. The molecular formula is C12H17NOS2. The van der Waals surface area contributed by atoms with Gasteiger partial charge in [0.25, 0.3) is 0 Å². The van der Waals surface area contributed by atoms with Crippen LogP contribution >= 0.6 is 21.6 Å². The van der Waals surface area contributed by atoms with Crippen molar-refractivity contribution in [2.24, 2.45) is 0 Å². The van der Waals surface area contributed by atoms with E-state index < -0.39 is 0 Å². The summed E-state index contributed by atoms with van der Waals surface area (Å²) >= 11 is 0. The first-order chi connectivity index (χ1) is 7.88. The van der Waals surface area contributed by atoms with E-state index in [0.717, 1.165) is 25.4 Å². The van der Waals surface area contributed by atoms with Gasteiger partial charge in [0.2, 0.25) is 0 Å². The molecule has 1 fully saturated rings. The predicted octanol–water partition coefficient (Wildman–Crippen LogP) is 3.40. The maximum atomic E-state index is 5.34. The van der Waals surface area contributed by atoms with Gasteiger partial charge in [0.1, 0.15) is 0 Å². The van der Waals surface area contributed by atoms with Crippen molar-refractivity contribution < 1.29 is 4.74 Å². The molecule has 0 bridgehead atoms. The summed E-state index contributed by atoms with van der Waals surface area (Å²) in [6.07, 6.45) is 3.23. The van der Waals surface area contributed by atoms with E-state index in [1.54, 1.807) is 0 Å². The molecule has 1 saturated heterocycles. The third-order valence-corrected chi connectivity index (χ3v) is 4.35. The van der Waals surface area contributed by atoms with Crippen LogP contribution in [0.15, 0.2) is 24.3 Å². The van der Waals surface area contributed by atoms with E-state index in [2.05, 4.69) is 35.8 Å². The van der Waals surface area contributed by atoms with Gasteiger partial charge in [0.05, 0.1) is 12.6 Å². The number of anilines is 1. The fourth-order valence-electron chi connectivity index (χ4n) is 1.71. The minimum Gasteiger partial charge on any atom is -0.380 e. The van der Waals surface area contributed by atoms with Crippen LogP contribution in [0.4, 0.5) is 5.69 Å². The second-order valence-corrected chi connectivity index (χ2v) is 6.40. The van der Waals surface area contributed by atoms with E-state index in [4.69, 9.17) is 4.74 Å². The van der Waals surface area contributed by atoms with Crippen LogP contribution in [0.5, 0.6) is 0 Å². The van der Waals surface area contributed by atoms with E-state index in [1.807, 2.05) is 21.6 Å². The van der Waals surface area contributed by atoms with Crippen molar-refractivity contribution in [3.05, 3.63) is 29.8 Å². The molecule has 0 saturated carbocycles. The summed E-state index contributed by atoms with van der Waals surface area (Å²) in [6, 6.07) is 9.21. The summed E-state index contributed by atoms with van der Waals surface area (Å²) in [4.78, 5) is 0. The third-order valence-electron chi connectivity index (χ3n) is 2.60. The van der Waals surface area contributed by atoms with Crippen LogP contribution in [0, 0.1) is 0 Å². The predicted molar refractivity (Wildman–Crippen MR) is 74.1 cm³/mol. The number of benzene rings is 1. The van der Waals surface area contributed by atoms with Crippen molar-refractivity contribution in [1.29, 1.82) is 0 Å². The minimum atomic E-state index is 0.492. The van der Waals surface area contributed by atoms with Crippen LogP contribution in [-0.2, 0) is 10.5 Å². The molecule has 1 heterocycles. The van der Waals surface area contributed by atoms with E-state index in [9.17, 15) is 0 Å². The standard InChI is InChI=1S/C12H17NOS2/c1-15-16-9-10-2-4-11(5-3-10)13-12-6-7-14-8-12/h2-5,12-13H,6-9H2,1H3. The van der Waals surface area contributed by atoms with Gasteiger partial charge in [-0.3, -0.25) is 0 Å². The zero-order valence-corrected chi connectivity index (χ0v) is 11.1. The Morgan fingerprint density at radius 1 is 1.38 bits per heavy atom. The molecule has 88 valence electrons. The highest BCUT2D eigenvalue weighted by molar-refractivity contribution is 8.76. The van der Waals surface area contributed by atoms with Crippen molar-refractivity contribution in [2.45, 2.75) is 18.2 Å². The average Bonchev–Trinajstić information content (AvgIpc) is 2.81. The summed E-state index contributed by atoms with van der Waals surface area (Å²) in [7, 11) is 3.69. The highest BCUT2D eigenvalue weighted by atomic mass is 33.1. The van der Waals surface area contributed by atoms with E-state index in [-0.39, 0.29) is 0 Å². The van der Waals surface area contributed by atoms with Gasteiger partial charge >= 0.3 is 0 Å². The van der Waals surface area contributed by atoms with Gasteiger partial charge in [0.15, 0.2) is 0 Å². The van der Waals surface area contributed by atoms with Gasteiger partial charge in [-0.1, -0.05) is 33.7 Å². The molecule has 16 heavy (non-hydrogen) atoms. The Hall–Kier alpha value is -0.320. The Bertz CT molecular complexity index is 309. The molecule has 2 nitrogen and oxygen atoms in total. The Morgan fingerprint density at radius 2 is 2.19 bits per heavy atom. The fourth-order valence-corrected chi connectivity index (χ4v) is 2.92. The summed E-state index contributed by atoms with van der Waals surface area (Å²) < 4.78 is 5.34. The zero-order chi connectivity index (χ0) is 11.2. The highest BCUT2D eigenvalue weighted by Crippen LogP contribution is 2.23. The second-order valence-electron chi connectivity index (χ2n) is 3.83. The van der Waals surface area contributed by atoms with E-state index in [0.29, 0.717) is 6.04 Å². The fraction of sp³-hybridized carbons (Fsp3) is 0.500. The largest absolute Gasteiger partial charge is 0.380 e. The first kappa shape index (κ1) is 12.1. The molecule has 0 amide bonds. The quantitative estimate of drug-likeness (QED) is 0.814. The summed E-state index contributed by atoms with van der Waals surface area (Å²) in [5.74, 6) is 1.08. The molecule has 0 radical (unpaired) electrons. The first-order valence-corrected chi connectivity index (χ1v) is 8.20.